The van der Waals surface area contributed by atoms with Crippen LogP contribution in [0, 0.1) is 12.3 Å². The third-order valence-electron chi connectivity index (χ3n) is 7.73. The summed E-state index contributed by atoms with van der Waals surface area (Å²) in [6, 6.07) is 15.4. The van der Waals surface area contributed by atoms with Crippen LogP contribution in [0.4, 0.5) is 11.6 Å². The second kappa shape index (κ2) is 10.3. The van der Waals surface area contributed by atoms with Crippen molar-refractivity contribution in [2.24, 2.45) is 5.41 Å². The molecule has 2 aliphatic rings. The van der Waals surface area contributed by atoms with Crippen LogP contribution in [-0.4, -0.2) is 50.5 Å². The van der Waals surface area contributed by atoms with E-state index in [0.29, 0.717) is 27.2 Å². The van der Waals surface area contributed by atoms with Gasteiger partial charge in [0.15, 0.2) is 0 Å². The lowest BCUT2D eigenvalue weighted by atomic mass is 9.73. The van der Waals surface area contributed by atoms with Gasteiger partial charge in [-0.1, -0.05) is 28.4 Å². The summed E-state index contributed by atoms with van der Waals surface area (Å²) in [5.74, 6) is 2.10. The molecule has 6 rings (SSSR count). The Hall–Kier alpha value is -3.42. The molecule has 1 spiro atoms. The summed E-state index contributed by atoms with van der Waals surface area (Å²) in [5.41, 5.74) is 5.61. The number of ether oxygens (including phenoxy) is 2. The van der Waals surface area contributed by atoms with Gasteiger partial charge < -0.3 is 23.8 Å². The first-order valence-electron chi connectivity index (χ1n) is 13.0. The molecule has 9 heteroatoms. The Morgan fingerprint density at radius 2 is 1.69 bits per heavy atom. The van der Waals surface area contributed by atoms with Crippen molar-refractivity contribution in [1.82, 2.24) is 10.1 Å². The molecule has 4 aromatic rings. The third kappa shape index (κ3) is 4.90. The lowest BCUT2D eigenvalue weighted by Gasteiger charge is -2.55. The average molecular weight is 566 g/mol. The normalized spacial score (nSPS) is 16.3. The highest BCUT2D eigenvalue weighted by molar-refractivity contribution is 6.35. The fraction of sp³-hybridized carbons (Fsp3) is 0.333. The summed E-state index contributed by atoms with van der Waals surface area (Å²) in [5, 5.41) is 5.63. The summed E-state index contributed by atoms with van der Waals surface area (Å²) in [7, 11) is 3.29. The predicted molar refractivity (Wildman–Crippen MR) is 156 cm³/mol. The van der Waals surface area contributed by atoms with Gasteiger partial charge in [0.2, 0.25) is 5.88 Å². The number of piperidine rings is 1. The number of rotatable bonds is 6. The van der Waals surface area contributed by atoms with Crippen LogP contribution in [0.25, 0.3) is 22.4 Å². The molecule has 2 aromatic carbocycles. The van der Waals surface area contributed by atoms with Gasteiger partial charge in [0.1, 0.15) is 17.2 Å². The van der Waals surface area contributed by atoms with Crippen LogP contribution in [0.2, 0.25) is 10.0 Å². The molecule has 0 amide bonds. The molecule has 4 heterocycles. The monoisotopic (exact) mass is 564 g/mol. The Labute approximate surface area is 238 Å². The maximum Gasteiger partial charge on any atom is 0.235 e. The number of benzene rings is 2. The summed E-state index contributed by atoms with van der Waals surface area (Å²) in [6.07, 6.45) is 4.13. The van der Waals surface area contributed by atoms with Crippen molar-refractivity contribution in [2.45, 2.75) is 19.8 Å². The number of aryl methyl sites for hydroxylation is 1. The number of anilines is 2. The smallest absolute Gasteiger partial charge is 0.235 e. The molecule has 7 nitrogen and oxygen atoms in total. The van der Waals surface area contributed by atoms with Crippen molar-refractivity contribution in [3.63, 3.8) is 0 Å². The molecule has 2 aliphatic heterocycles. The molecule has 0 atom stereocenters. The fourth-order valence-corrected chi connectivity index (χ4v) is 6.47. The molecule has 2 saturated heterocycles. The first kappa shape index (κ1) is 25.8. The van der Waals surface area contributed by atoms with Gasteiger partial charge in [-0.15, -0.1) is 0 Å². The molecular weight excluding hydrogens is 535 g/mol. The highest BCUT2D eigenvalue weighted by Crippen LogP contribution is 2.48. The van der Waals surface area contributed by atoms with Crippen molar-refractivity contribution < 1.29 is 14.0 Å². The van der Waals surface area contributed by atoms with Crippen molar-refractivity contribution in [3.8, 4) is 33.9 Å². The van der Waals surface area contributed by atoms with Gasteiger partial charge >= 0.3 is 0 Å². The summed E-state index contributed by atoms with van der Waals surface area (Å²) >= 11 is 12.8. The maximum absolute atomic E-state index is 6.39. The molecule has 39 heavy (non-hydrogen) atoms. The largest absolute Gasteiger partial charge is 0.497 e. The predicted octanol–water partition coefficient (Wildman–Crippen LogP) is 7.14. The summed E-state index contributed by atoms with van der Waals surface area (Å²) in [4.78, 5) is 9.12. The number of nitrogens with zero attached hydrogens (tertiary/aromatic N) is 4. The van der Waals surface area contributed by atoms with E-state index in [4.69, 9.17) is 37.2 Å². The van der Waals surface area contributed by atoms with Crippen molar-refractivity contribution in [3.05, 3.63) is 70.5 Å². The van der Waals surface area contributed by atoms with Crippen LogP contribution >= 0.6 is 23.2 Å². The standard InChI is InChI=1S/C30H30Cl2N4O3/c1-19-11-23(7-9-33-19)36-17-30(18-36)8-4-10-35(16-30)29-27(25-6-5-24(37-2)15-26(25)38-3)28(34-39-29)20-12-21(31)14-22(32)13-20/h5-7,9,11-15H,4,8,10,16-18H2,1-3H3. The minimum atomic E-state index is 0.184. The van der Waals surface area contributed by atoms with E-state index >= 15 is 0 Å². The van der Waals surface area contributed by atoms with E-state index in [2.05, 4.69) is 32.1 Å². The Balaban J connectivity index is 1.39. The van der Waals surface area contributed by atoms with E-state index in [1.165, 1.54) is 12.1 Å². The minimum absolute atomic E-state index is 0.184. The summed E-state index contributed by atoms with van der Waals surface area (Å²) < 4.78 is 17.4. The molecule has 0 radical (unpaired) electrons. The first-order valence-corrected chi connectivity index (χ1v) is 13.7. The van der Waals surface area contributed by atoms with Gasteiger partial charge in [-0.2, -0.15) is 0 Å². The van der Waals surface area contributed by atoms with Gasteiger partial charge in [-0.3, -0.25) is 4.98 Å². The number of pyridine rings is 1. The molecule has 0 N–H and O–H groups in total. The molecule has 2 aromatic heterocycles. The van der Waals surface area contributed by atoms with Gasteiger partial charge in [0.05, 0.1) is 19.8 Å². The van der Waals surface area contributed by atoms with E-state index in [1.54, 1.807) is 20.3 Å². The molecule has 202 valence electrons. The molecular formula is C30H30Cl2N4O3. The first-order chi connectivity index (χ1) is 18.9. The second-order valence-electron chi connectivity index (χ2n) is 10.5. The SMILES string of the molecule is COc1ccc(-c2c(-c3cc(Cl)cc(Cl)c3)noc2N2CCCC3(CN(c4ccnc(C)c4)C3)C2)c(OC)c1. The van der Waals surface area contributed by atoms with Gasteiger partial charge in [0.25, 0.3) is 0 Å². The van der Waals surface area contributed by atoms with E-state index in [1.807, 2.05) is 43.5 Å². The Kier molecular flexibility index (Phi) is 6.81. The Morgan fingerprint density at radius 1 is 0.923 bits per heavy atom. The Morgan fingerprint density at radius 3 is 2.41 bits per heavy atom. The highest BCUT2D eigenvalue weighted by Gasteiger charge is 2.47. The zero-order valence-corrected chi connectivity index (χ0v) is 23.7. The zero-order valence-electron chi connectivity index (χ0n) is 22.2. The summed E-state index contributed by atoms with van der Waals surface area (Å²) in [6.45, 7) is 5.79. The van der Waals surface area contributed by atoms with Crippen LogP contribution in [-0.2, 0) is 0 Å². The number of methoxy groups -OCH3 is 2. The third-order valence-corrected chi connectivity index (χ3v) is 8.17. The molecule has 0 unspecified atom stereocenters. The topological polar surface area (TPSA) is 63.9 Å². The van der Waals surface area contributed by atoms with Crippen molar-refractivity contribution in [2.75, 3.05) is 50.2 Å². The lowest BCUT2D eigenvalue weighted by Crippen LogP contribution is -2.63. The van der Waals surface area contributed by atoms with Crippen molar-refractivity contribution >= 4 is 34.8 Å². The molecule has 2 fully saturated rings. The van der Waals surface area contributed by atoms with Gasteiger partial charge in [-0.05, 0) is 62.2 Å². The van der Waals surface area contributed by atoms with Gasteiger partial charge in [-0.25, -0.2) is 0 Å². The van der Waals surface area contributed by atoms with Crippen LogP contribution in [0.3, 0.4) is 0 Å². The maximum atomic E-state index is 6.39. The average Bonchev–Trinajstić information content (AvgIpc) is 3.36. The fourth-order valence-electron chi connectivity index (χ4n) is 5.95. The van der Waals surface area contributed by atoms with E-state index < -0.39 is 0 Å². The molecule has 0 saturated carbocycles. The quantitative estimate of drug-likeness (QED) is 0.246. The highest BCUT2D eigenvalue weighted by atomic mass is 35.5. The van der Waals surface area contributed by atoms with E-state index in [0.717, 1.165) is 60.9 Å². The van der Waals surface area contributed by atoms with E-state index in [-0.39, 0.29) is 5.41 Å². The van der Waals surface area contributed by atoms with Crippen molar-refractivity contribution in [1.29, 1.82) is 0 Å². The van der Waals surface area contributed by atoms with E-state index in [9.17, 15) is 0 Å². The number of aromatic nitrogens is 2. The van der Waals surface area contributed by atoms with Crippen LogP contribution in [0.5, 0.6) is 11.5 Å². The van der Waals surface area contributed by atoms with Gasteiger partial charge in [0, 0.05) is 76.4 Å². The number of hydrogen-bond acceptors (Lipinski definition) is 7. The number of halogens is 2. The van der Waals surface area contributed by atoms with Crippen LogP contribution in [0.1, 0.15) is 18.5 Å². The number of hydrogen-bond donors (Lipinski definition) is 0. The van der Waals surface area contributed by atoms with Crippen LogP contribution < -0.4 is 19.3 Å². The van der Waals surface area contributed by atoms with Crippen LogP contribution in [0.15, 0.2) is 59.3 Å². The second-order valence-corrected chi connectivity index (χ2v) is 11.3. The molecule has 0 bridgehead atoms. The molecule has 0 aliphatic carbocycles. The Bertz CT molecular complexity index is 1500. The lowest BCUT2D eigenvalue weighted by molar-refractivity contribution is 0.170. The minimum Gasteiger partial charge on any atom is -0.497 e. The zero-order chi connectivity index (χ0) is 27.1.